The molecule has 0 bridgehead atoms. The molecule has 2 N–H and O–H groups in total. The zero-order chi connectivity index (χ0) is 19.2. The SMILES string of the molecule is CCOP(=O)(CCCN1c2ccc(OC)cc2N(CC)C1CN)OCC. The van der Waals surface area contributed by atoms with Crippen molar-refractivity contribution in [2.24, 2.45) is 5.73 Å². The first-order valence-corrected chi connectivity index (χ1v) is 11.1. The van der Waals surface area contributed by atoms with Crippen LogP contribution in [0.2, 0.25) is 0 Å². The van der Waals surface area contributed by atoms with Gasteiger partial charge in [0, 0.05) is 25.7 Å². The molecule has 2 rings (SSSR count). The van der Waals surface area contributed by atoms with Gasteiger partial charge in [-0.15, -0.1) is 0 Å². The molecule has 0 aromatic heterocycles. The van der Waals surface area contributed by atoms with Crippen LogP contribution in [0.5, 0.6) is 5.75 Å². The number of likely N-dealkylation sites (N-methyl/N-ethyl adjacent to an activating group) is 1. The first kappa shape index (κ1) is 21.0. The van der Waals surface area contributed by atoms with Gasteiger partial charge in [0.1, 0.15) is 11.9 Å². The quantitative estimate of drug-likeness (QED) is 0.586. The zero-order valence-corrected chi connectivity index (χ0v) is 17.2. The molecule has 0 saturated carbocycles. The molecule has 1 aromatic rings. The fraction of sp³-hybridized carbons (Fsp3) is 0.667. The Morgan fingerprint density at radius 2 is 1.81 bits per heavy atom. The highest BCUT2D eigenvalue weighted by Crippen LogP contribution is 2.49. The third-order valence-corrected chi connectivity index (χ3v) is 6.72. The average molecular weight is 385 g/mol. The Kier molecular flexibility index (Phi) is 7.77. The molecule has 26 heavy (non-hydrogen) atoms. The third kappa shape index (κ3) is 4.52. The van der Waals surface area contributed by atoms with E-state index >= 15 is 0 Å². The van der Waals surface area contributed by atoms with Gasteiger partial charge >= 0.3 is 7.60 Å². The smallest absolute Gasteiger partial charge is 0.330 e. The number of rotatable bonds is 11. The Bertz CT molecular complexity index is 618. The molecular weight excluding hydrogens is 353 g/mol. The van der Waals surface area contributed by atoms with Crippen molar-refractivity contribution in [1.82, 2.24) is 0 Å². The van der Waals surface area contributed by atoms with Gasteiger partial charge in [0.15, 0.2) is 0 Å². The Hall–Kier alpha value is -1.27. The molecule has 1 aliphatic heterocycles. The fourth-order valence-corrected chi connectivity index (χ4v) is 5.14. The van der Waals surface area contributed by atoms with Gasteiger partial charge in [-0.1, -0.05) is 0 Å². The van der Waals surface area contributed by atoms with Crippen molar-refractivity contribution >= 4 is 19.0 Å². The van der Waals surface area contributed by atoms with Crippen LogP contribution >= 0.6 is 7.60 Å². The minimum absolute atomic E-state index is 0.0840. The summed E-state index contributed by atoms with van der Waals surface area (Å²) in [5, 5.41) is 0. The third-order valence-electron chi connectivity index (χ3n) is 4.56. The molecule has 0 radical (unpaired) electrons. The maximum Gasteiger partial charge on any atom is 0.330 e. The molecule has 0 amide bonds. The minimum atomic E-state index is -3.02. The lowest BCUT2D eigenvalue weighted by Gasteiger charge is -2.31. The predicted octanol–water partition coefficient (Wildman–Crippen LogP) is 3.28. The maximum atomic E-state index is 12.7. The summed E-state index contributed by atoms with van der Waals surface area (Å²) in [6.07, 6.45) is 1.19. The molecule has 7 nitrogen and oxygen atoms in total. The van der Waals surface area contributed by atoms with Gasteiger partial charge in [0.25, 0.3) is 0 Å². The largest absolute Gasteiger partial charge is 0.497 e. The van der Waals surface area contributed by atoms with Gasteiger partial charge in [0.05, 0.1) is 37.9 Å². The predicted molar refractivity (Wildman–Crippen MR) is 107 cm³/mol. The molecule has 1 atom stereocenters. The molecule has 0 spiro atoms. The van der Waals surface area contributed by atoms with Crippen molar-refractivity contribution in [2.45, 2.75) is 33.4 Å². The molecule has 0 aliphatic carbocycles. The Balaban J connectivity index is 2.14. The highest BCUT2D eigenvalue weighted by Gasteiger charge is 2.34. The Labute approximate surface area is 156 Å². The van der Waals surface area contributed by atoms with Gasteiger partial charge in [-0.05, 0) is 39.3 Å². The number of benzene rings is 1. The van der Waals surface area contributed by atoms with Gasteiger partial charge in [-0.2, -0.15) is 0 Å². The summed E-state index contributed by atoms with van der Waals surface area (Å²) >= 11 is 0. The van der Waals surface area contributed by atoms with Crippen molar-refractivity contribution in [1.29, 1.82) is 0 Å². The number of fused-ring (bicyclic) bond motifs is 1. The molecule has 1 aliphatic rings. The number of hydrogen-bond acceptors (Lipinski definition) is 7. The topological polar surface area (TPSA) is 77.3 Å². The number of hydrogen-bond donors (Lipinski definition) is 1. The van der Waals surface area contributed by atoms with E-state index in [1.165, 1.54) is 0 Å². The summed E-state index contributed by atoms with van der Waals surface area (Å²) < 4.78 is 28.8. The van der Waals surface area contributed by atoms with Gasteiger partial charge in [0.2, 0.25) is 0 Å². The maximum absolute atomic E-state index is 12.7. The summed E-state index contributed by atoms with van der Waals surface area (Å²) in [6, 6.07) is 6.08. The van der Waals surface area contributed by atoms with Crippen LogP contribution in [0.3, 0.4) is 0 Å². The van der Waals surface area contributed by atoms with Gasteiger partial charge < -0.3 is 29.3 Å². The van der Waals surface area contributed by atoms with Crippen molar-refractivity contribution in [3.63, 3.8) is 0 Å². The summed E-state index contributed by atoms with van der Waals surface area (Å²) in [6.45, 7) is 8.67. The number of nitrogens with two attached hydrogens (primary N) is 1. The zero-order valence-electron chi connectivity index (χ0n) is 16.3. The van der Waals surface area contributed by atoms with Crippen LogP contribution in [0.25, 0.3) is 0 Å². The number of nitrogens with zero attached hydrogens (tertiary/aromatic N) is 2. The minimum Gasteiger partial charge on any atom is -0.497 e. The summed E-state index contributed by atoms with van der Waals surface area (Å²) in [7, 11) is -1.34. The molecular formula is C18H32N3O4P. The van der Waals surface area contributed by atoms with Crippen LogP contribution in [0.1, 0.15) is 27.2 Å². The Morgan fingerprint density at radius 3 is 2.35 bits per heavy atom. The first-order chi connectivity index (χ1) is 12.5. The normalized spacial score (nSPS) is 16.9. The van der Waals surface area contributed by atoms with Crippen molar-refractivity contribution < 1.29 is 18.3 Å². The van der Waals surface area contributed by atoms with E-state index in [0.717, 1.165) is 30.2 Å². The molecule has 8 heteroatoms. The highest BCUT2D eigenvalue weighted by molar-refractivity contribution is 7.53. The lowest BCUT2D eigenvalue weighted by atomic mass is 10.2. The van der Waals surface area contributed by atoms with Crippen molar-refractivity contribution in [3.05, 3.63) is 18.2 Å². The number of ether oxygens (including phenoxy) is 1. The molecule has 1 heterocycles. The van der Waals surface area contributed by atoms with Crippen LogP contribution in [-0.2, 0) is 13.6 Å². The van der Waals surface area contributed by atoms with E-state index in [9.17, 15) is 4.57 Å². The molecule has 0 saturated heterocycles. The second kappa shape index (κ2) is 9.60. The van der Waals surface area contributed by atoms with Crippen LogP contribution in [0.4, 0.5) is 11.4 Å². The van der Waals surface area contributed by atoms with Crippen LogP contribution < -0.4 is 20.3 Å². The second-order valence-corrected chi connectivity index (χ2v) is 8.26. The summed E-state index contributed by atoms with van der Waals surface area (Å²) in [5.41, 5.74) is 8.33. The van der Waals surface area contributed by atoms with Gasteiger partial charge in [-0.3, -0.25) is 4.57 Å². The standard InChI is InChI=1S/C18H32N3O4P/c1-5-20-17-13-15(23-4)9-10-16(17)21(18(20)14-19)11-8-12-26(22,24-6-2)25-7-3/h9-10,13,18H,5-8,11-12,14,19H2,1-4H3. The fourth-order valence-electron chi connectivity index (χ4n) is 3.49. The Morgan fingerprint density at radius 1 is 1.12 bits per heavy atom. The van der Waals surface area contributed by atoms with E-state index in [2.05, 4.69) is 22.8 Å². The molecule has 148 valence electrons. The number of anilines is 2. The average Bonchev–Trinajstić information content (AvgIpc) is 2.94. The van der Waals surface area contributed by atoms with Crippen LogP contribution in [0.15, 0.2) is 18.2 Å². The van der Waals surface area contributed by atoms with Crippen molar-refractivity contribution in [3.8, 4) is 5.75 Å². The summed E-state index contributed by atoms with van der Waals surface area (Å²) in [4.78, 5) is 4.56. The van der Waals surface area contributed by atoms with Gasteiger partial charge in [-0.25, -0.2) is 0 Å². The lowest BCUT2D eigenvalue weighted by molar-refractivity contribution is 0.220. The van der Waals surface area contributed by atoms with E-state index in [0.29, 0.717) is 32.3 Å². The summed E-state index contributed by atoms with van der Waals surface area (Å²) in [5.74, 6) is 0.831. The van der Waals surface area contributed by atoms with E-state index in [1.807, 2.05) is 26.0 Å². The van der Waals surface area contributed by atoms with Crippen molar-refractivity contribution in [2.75, 3.05) is 55.9 Å². The monoisotopic (exact) mass is 385 g/mol. The van der Waals surface area contributed by atoms with E-state index in [4.69, 9.17) is 19.5 Å². The highest BCUT2D eigenvalue weighted by atomic mass is 31.2. The van der Waals surface area contributed by atoms with Crippen LogP contribution in [0, 0.1) is 0 Å². The molecule has 0 fully saturated rings. The van der Waals surface area contributed by atoms with E-state index < -0.39 is 7.60 Å². The second-order valence-electron chi connectivity index (χ2n) is 6.07. The van der Waals surface area contributed by atoms with E-state index in [-0.39, 0.29) is 6.17 Å². The van der Waals surface area contributed by atoms with Crippen LogP contribution in [-0.4, -0.2) is 52.3 Å². The number of methoxy groups -OCH3 is 1. The lowest BCUT2D eigenvalue weighted by Crippen LogP contribution is -2.48. The molecule has 1 unspecified atom stereocenters. The molecule has 1 aromatic carbocycles. The van der Waals surface area contributed by atoms with E-state index in [1.54, 1.807) is 7.11 Å². The first-order valence-electron chi connectivity index (χ1n) is 9.33.